The molecule has 1 saturated heterocycles. The van der Waals surface area contributed by atoms with Gasteiger partial charge in [-0.05, 0) is 51.2 Å². The maximum absolute atomic E-state index is 12.3. The number of anilines is 3. The van der Waals surface area contributed by atoms with E-state index in [9.17, 15) is 18.0 Å². The van der Waals surface area contributed by atoms with E-state index in [0.717, 1.165) is 25.9 Å². The summed E-state index contributed by atoms with van der Waals surface area (Å²) in [7, 11) is -1.55. The molecule has 2 amide bonds. The molecular weight excluding hydrogens is 564 g/mol. The number of ether oxygens (including phenoxy) is 1. The maximum Gasteiger partial charge on any atom is 0.271 e. The van der Waals surface area contributed by atoms with Crippen LogP contribution in [0.1, 0.15) is 54.8 Å². The number of piperidine rings is 1. The Morgan fingerprint density at radius 3 is 2.48 bits per heavy atom. The summed E-state index contributed by atoms with van der Waals surface area (Å²) < 4.78 is 33.9. The van der Waals surface area contributed by atoms with Crippen LogP contribution in [-0.4, -0.2) is 75.8 Å². The van der Waals surface area contributed by atoms with E-state index in [1.54, 1.807) is 30.5 Å². The molecule has 5 N–H and O–H groups in total. The predicted octanol–water partition coefficient (Wildman–Crippen LogP) is 3.33. The highest BCUT2D eigenvalue weighted by molar-refractivity contribution is 7.85. The lowest BCUT2D eigenvalue weighted by Crippen LogP contribution is -2.31. The molecule has 2 aromatic heterocycles. The standard InChI is InChI=1S/C26H32N8O3.CH4O3S/c1-5-21(35)29-17-7-6-8-20(13-17)37-26-22(16(2)3)31-23(24(27)36)25(32-26)30-18-14-28-34(15-18)19-9-11-33(4)12-10-19;1-5(2,3)4/h5-8,13-16,19H,1,9-12H2,2-4H3,(H2,27,36)(H,29,35)(H,30,32);1H3,(H,2,3,4). The van der Waals surface area contributed by atoms with Crippen LogP contribution in [0, 0.1) is 0 Å². The van der Waals surface area contributed by atoms with Gasteiger partial charge in [0.2, 0.25) is 11.8 Å². The minimum Gasteiger partial charge on any atom is -0.437 e. The van der Waals surface area contributed by atoms with Crippen molar-refractivity contribution in [2.75, 3.05) is 37.0 Å². The van der Waals surface area contributed by atoms with Crippen LogP contribution < -0.4 is 21.1 Å². The van der Waals surface area contributed by atoms with E-state index >= 15 is 0 Å². The zero-order valence-corrected chi connectivity index (χ0v) is 24.8. The average Bonchev–Trinajstić information content (AvgIpc) is 3.36. The lowest BCUT2D eigenvalue weighted by molar-refractivity contribution is -0.111. The topological polar surface area (TPSA) is 195 Å². The lowest BCUT2D eigenvalue weighted by atomic mass is 10.1. The number of hydrogen-bond donors (Lipinski definition) is 4. The second kappa shape index (κ2) is 14.0. The number of hydrogen-bond acceptors (Lipinski definition) is 10. The first kappa shape index (κ1) is 32.2. The second-order valence-corrected chi connectivity index (χ2v) is 11.5. The van der Waals surface area contributed by atoms with Crippen molar-refractivity contribution in [1.29, 1.82) is 0 Å². The molecule has 0 aliphatic carbocycles. The molecule has 3 heterocycles. The van der Waals surface area contributed by atoms with Gasteiger partial charge in [0.15, 0.2) is 11.5 Å². The van der Waals surface area contributed by atoms with Crippen LogP contribution in [0.15, 0.2) is 49.3 Å². The number of nitrogens with two attached hydrogens (primary N) is 1. The van der Waals surface area contributed by atoms with Crippen molar-refractivity contribution in [1.82, 2.24) is 24.6 Å². The Labute approximate surface area is 244 Å². The highest BCUT2D eigenvalue weighted by atomic mass is 32.2. The van der Waals surface area contributed by atoms with Gasteiger partial charge in [-0.15, -0.1) is 0 Å². The van der Waals surface area contributed by atoms with Crippen molar-refractivity contribution < 1.29 is 27.3 Å². The Kier molecular flexibility index (Phi) is 10.7. The van der Waals surface area contributed by atoms with Gasteiger partial charge in [-0.2, -0.15) is 18.5 Å². The third kappa shape index (κ3) is 9.64. The van der Waals surface area contributed by atoms with Gasteiger partial charge in [-0.3, -0.25) is 18.8 Å². The molecule has 42 heavy (non-hydrogen) atoms. The molecule has 0 saturated carbocycles. The van der Waals surface area contributed by atoms with Gasteiger partial charge in [0.05, 0.1) is 24.2 Å². The van der Waals surface area contributed by atoms with Crippen LogP contribution >= 0.6 is 0 Å². The maximum atomic E-state index is 12.3. The van der Waals surface area contributed by atoms with E-state index in [1.807, 2.05) is 24.7 Å². The van der Waals surface area contributed by atoms with E-state index < -0.39 is 16.0 Å². The fourth-order valence-electron chi connectivity index (χ4n) is 4.08. The molecule has 0 bridgehead atoms. The monoisotopic (exact) mass is 600 g/mol. The number of nitrogens with one attached hydrogen (secondary N) is 2. The zero-order chi connectivity index (χ0) is 31.0. The Morgan fingerprint density at radius 2 is 1.88 bits per heavy atom. The lowest BCUT2D eigenvalue weighted by Gasteiger charge is -2.28. The Bertz CT molecular complexity index is 1520. The number of likely N-dealkylation sites (tertiary alicyclic amines) is 1. The highest BCUT2D eigenvalue weighted by Crippen LogP contribution is 2.32. The highest BCUT2D eigenvalue weighted by Gasteiger charge is 2.23. The summed E-state index contributed by atoms with van der Waals surface area (Å²) in [5.74, 6) is -0.321. The van der Waals surface area contributed by atoms with Crippen molar-refractivity contribution >= 4 is 39.1 Å². The normalized spacial score (nSPS) is 14.0. The van der Waals surface area contributed by atoms with Crippen LogP contribution in [0.25, 0.3) is 0 Å². The number of carbonyl (C=O) groups is 2. The van der Waals surface area contributed by atoms with Gasteiger partial charge in [-0.25, -0.2) is 4.98 Å². The summed E-state index contributed by atoms with van der Waals surface area (Å²) in [5, 5.41) is 10.4. The number of rotatable bonds is 9. The first-order valence-corrected chi connectivity index (χ1v) is 14.9. The van der Waals surface area contributed by atoms with E-state index in [1.165, 1.54) is 6.08 Å². The van der Waals surface area contributed by atoms with Crippen molar-refractivity contribution in [3.05, 3.63) is 60.7 Å². The number of nitrogens with zero attached hydrogens (tertiary/aromatic N) is 5. The molecule has 0 unspecified atom stereocenters. The molecule has 1 aliphatic rings. The fraction of sp³-hybridized carbons (Fsp3) is 0.370. The summed E-state index contributed by atoms with van der Waals surface area (Å²) in [4.78, 5) is 35.4. The molecule has 0 radical (unpaired) electrons. The van der Waals surface area contributed by atoms with Crippen LogP contribution in [-0.2, 0) is 14.9 Å². The van der Waals surface area contributed by atoms with Gasteiger partial charge in [0.25, 0.3) is 16.0 Å². The smallest absolute Gasteiger partial charge is 0.271 e. The minimum atomic E-state index is -3.67. The summed E-state index contributed by atoms with van der Waals surface area (Å²) in [6, 6.07) is 7.17. The molecule has 3 aromatic rings. The molecule has 1 aliphatic heterocycles. The summed E-state index contributed by atoms with van der Waals surface area (Å²) in [6.45, 7) is 9.33. The average molecular weight is 601 g/mol. The van der Waals surface area contributed by atoms with Gasteiger partial charge >= 0.3 is 0 Å². The molecule has 0 atom stereocenters. The van der Waals surface area contributed by atoms with Crippen LogP contribution in [0.3, 0.4) is 0 Å². The molecule has 226 valence electrons. The molecular formula is C27H36N8O6S. The first-order chi connectivity index (χ1) is 19.7. The van der Waals surface area contributed by atoms with Crippen molar-refractivity contribution in [3.63, 3.8) is 0 Å². The molecule has 14 nitrogen and oxygen atoms in total. The Morgan fingerprint density at radius 1 is 1.21 bits per heavy atom. The van der Waals surface area contributed by atoms with Crippen molar-refractivity contribution in [3.8, 4) is 11.6 Å². The van der Waals surface area contributed by atoms with Crippen LogP contribution in [0.2, 0.25) is 0 Å². The van der Waals surface area contributed by atoms with E-state index in [-0.39, 0.29) is 29.2 Å². The minimum absolute atomic E-state index is 0.00934. The number of amides is 2. The predicted molar refractivity (Wildman–Crippen MR) is 159 cm³/mol. The van der Waals surface area contributed by atoms with Crippen LogP contribution in [0.4, 0.5) is 17.2 Å². The Hall–Kier alpha value is -4.34. The van der Waals surface area contributed by atoms with Crippen molar-refractivity contribution in [2.45, 2.75) is 38.6 Å². The molecule has 1 aromatic carbocycles. The Balaban J connectivity index is 0.000000892. The SMILES string of the molecule is C=CC(=O)Nc1cccc(Oc2nc(Nc3cnn(C4CCN(C)CC4)c3)c(C(N)=O)nc2C(C)C)c1.CS(=O)(=O)O. The van der Waals surface area contributed by atoms with Crippen LogP contribution in [0.5, 0.6) is 11.6 Å². The van der Waals surface area contributed by atoms with Gasteiger partial charge < -0.3 is 26.0 Å². The molecule has 4 rings (SSSR count). The number of aromatic nitrogens is 4. The summed E-state index contributed by atoms with van der Waals surface area (Å²) in [6.07, 6.45) is 7.51. The molecule has 1 fully saturated rings. The van der Waals surface area contributed by atoms with E-state index in [0.29, 0.717) is 35.1 Å². The third-order valence-electron chi connectivity index (χ3n) is 6.10. The largest absolute Gasteiger partial charge is 0.437 e. The van der Waals surface area contributed by atoms with Gasteiger partial charge in [0, 0.05) is 23.9 Å². The fourth-order valence-corrected chi connectivity index (χ4v) is 4.08. The zero-order valence-electron chi connectivity index (χ0n) is 23.9. The quantitative estimate of drug-likeness (QED) is 0.208. The second-order valence-electron chi connectivity index (χ2n) is 10.1. The number of primary amides is 1. The number of carbonyl (C=O) groups excluding carboxylic acids is 2. The van der Waals surface area contributed by atoms with Crippen molar-refractivity contribution in [2.24, 2.45) is 5.73 Å². The van der Waals surface area contributed by atoms with E-state index in [4.69, 9.17) is 15.0 Å². The summed E-state index contributed by atoms with van der Waals surface area (Å²) >= 11 is 0. The van der Waals surface area contributed by atoms with Gasteiger partial charge in [0.1, 0.15) is 11.4 Å². The first-order valence-electron chi connectivity index (χ1n) is 13.1. The molecule has 15 heteroatoms. The summed E-state index contributed by atoms with van der Waals surface area (Å²) in [5.41, 5.74) is 7.34. The number of benzene rings is 1. The molecule has 0 spiro atoms. The van der Waals surface area contributed by atoms with Gasteiger partial charge in [-0.1, -0.05) is 26.5 Å². The third-order valence-corrected chi connectivity index (χ3v) is 6.10. The van der Waals surface area contributed by atoms with E-state index in [2.05, 4.69) is 44.2 Å².